The minimum atomic E-state index is -0.700. The number of carbonyl (C=O) groups excluding carboxylic acids is 1. The van der Waals surface area contributed by atoms with Crippen LogP contribution in [0.2, 0.25) is 10.0 Å². The minimum absolute atomic E-state index is 0.376. The van der Waals surface area contributed by atoms with Crippen LogP contribution in [0.5, 0.6) is 5.75 Å². The number of hydrogen-bond acceptors (Lipinski definition) is 3. The second kappa shape index (κ2) is 9.96. The highest BCUT2D eigenvalue weighted by molar-refractivity contribution is 6.35. The lowest BCUT2D eigenvalue weighted by molar-refractivity contribution is -0.151. The van der Waals surface area contributed by atoms with Gasteiger partial charge in [0.1, 0.15) is 5.75 Å². The molecule has 0 bridgehead atoms. The van der Waals surface area contributed by atoms with Gasteiger partial charge in [0.2, 0.25) is 0 Å². The average molecular weight is 347 g/mol. The zero-order chi connectivity index (χ0) is 16.5. The Morgan fingerprint density at radius 1 is 1.14 bits per heavy atom. The Balaban J connectivity index is 2.27. The highest BCUT2D eigenvalue weighted by Crippen LogP contribution is 2.28. The molecule has 0 spiro atoms. The van der Waals surface area contributed by atoms with Gasteiger partial charge in [-0.25, -0.2) is 4.79 Å². The van der Waals surface area contributed by atoms with E-state index < -0.39 is 6.10 Å². The second-order valence-electron chi connectivity index (χ2n) is 5.75. The lowest BCUT2D eigenvalue weighted by atomic mass is 10.1. The van der Waals surface area contributed by atoms with Crippen molar-refractivity contribution in [2.75, 3.05) is 6.61 Å². The van der Waals surface area contributed by atoms with Gasteiger partial charge in [0, 0.05) is 5.02 Å². The van der Waals surface area contributed by atoms with Crippen LogP contribution in [0.1, 0.15) is 46.5 Å². The molecule has 0 fully saturated rings. The monoisotopic (exact) mass is 346 g/mol. The summed E-state index contributed by atoms with van der Waals surface area (Å²) in [5.41, 5.74) is 0. The van der Waals surface area contributed by atoms with Gasteiger partial charge in [-0.3, -0.25) is 0 Å². The second-order valence-corrected chi connectivity index (χ2v) is 6.59. The largest absolute Gasteiger partial charge is 0.477 e. The molecule has 0 amide bonds. The van der Waals surface area contributed by atoms with Gasteiger partial charge in [-0.05, 0) is 37.5 Å². The Morgan fingerprint density at radius 2 is 1.86 bits per heavy atom. The molecule has 0 aliphatic heterocycles. The van der Waals surface area contributed by atoms with Crippen molar-refractivity contribution in [2.24, 2.45) is 5.92 Å². The molecule has 1 rings (SSSR count). The summed E-state index contributed by atoms with van der Waals surface area (Å²) in [6, 6.07) is 4.88. The van der Waals surface area contributed by atoms with E-state index in [1.807, 2.05) is 0 Å². The predicted molar refractivity (Wildman–Crippen MR) is 90.8 cm³/mol. The number of hydrogen-bond donors (Lipinski definition) is 0. The first-order chi connectivity index (χ1) is 10.4. The zero-order valence-electron chi connectivity index (χ0n) is 13.4. The first kappa shape index (κ1) is 19.1. The highest BCUT2D eigenvalue weighted by Gasteiger charge is 2.17. The molecular formula is C17H24Cl2O3. The van der Waals surface area contributed by atoms with E-state index in [4.69, 9.17) is 32.7 Å². The van der Waals surface area contributed by atoms with Gasteiger partial charge in [0.05, 0.1) is 11.6 Å². The quantitative estimate of drug-likeness (QED) is 0.436. The van der Waals surface area contributed by atoms with Crippen LogP contribution in [0.3, 0.4) is 0 Å². The van der Waals surface area contributed by atoms with Crippen molar-refractivity contribution in [2.45, 2.75) is 52.6 Å². The van der Waals surface area contributed by atoms with Crippen LogP contribution in [-0.2, 0) is 9.53 Å². The van der Waals surface area contributed by atoms with Gasteiger partial charge < -0.3 is 9.47 Å². The molecule has 1 aromatic rings. The van der Waals surface area contributed by atoms with Gasteiger partial charge in [0.15, 0.2) is 6.10 Å². The standard InChI is InChI=1S/C17H24Cl2O3/c1-12(2)7-5-4-6-10-21-17(20)13(3)22-16-9-8-14(18)11-15(16)19/h8-9,11-13H,4-7,10H2,1-3H3. The fraction of sp³-hybridized carbons (Fsp3) is 0.588. The van der Waals surface area contributed by atoms with Crippen LogP contribution in [-0.4, -0.2) is 18.7 Å². The number of rotatable bonds is 9. The molecule has 3 nitrogen and oxygen atoms in total. The van der Waals surface area contributed by atoms with E-state index in [9.17, 15) is 4.79 Å². The molecule has 0 aliphatic rings. The Hall–Kier alpha value is -0.930. The van der Waals surface area contributed by atoms with Crippen LogP contribution >= 0.6 is 23.2 Å². The van der Waals surface area contributed by atoms with E-state index in [0.29, 0.717) is 22.4 Å². The number of halogens is 2. The first-order valence-corrected chi connectivity index (χ1v) is 8.44. The molecule has 0 aromatic heterocycles. The smallest absolute Gasteiger partial charge is 0.347 e. The molecule has 1 atom stereocenters. The Kier molecular flexibility index (Phi) is 8.66. The van der Waals surface area contributed by atoms with Crippen molar-refractivity contribution in [1.29, 1.82) is 0 Å². The Morgan fingerprint density at radius 3 is 2.50 bits per heavy atom. The summed E-state index contributed by atoms with van der Waals surface area (Å²) in [6.45, 7) is 6.49. The molecule has 22 heavy (non-hydrogen) atoms. The van der Waals surface area contributed by atoms with Crippen LogP contribution in [0, 0.1) is 5.92 Å². The summed E-state index contributed by atoms with van der Waals surface area (Å²) in [7, 11) is 0. The molecule has 0 N–H and O–H groups in total. The van der Waals surface area contributed by atoms with Crippen molar-refractivity contribution in [3.05, 3.63) is 28.2 Å². The predicted octanol–water partition coefficient (Wildman–Crippen LogP) is 5.52. The third-order valence-electron chi connectivity index (χ3n) is 3.20. The first-order valence-electron chi connectivity index (χ1n) is 7.68. The normalized spacial score (nSPS) is 12.3. The summed E-state index contributed by atoms with van der Waals surface area (Å²) in [4.78, 5) is 11.9. The van der Waals surface area contributed by atoms with Gasteiger partial charge in [-0.1, -0.05) is 56.3 Å². The van der Waals surface area contributed by atoms with Crippen molar-refractivity contribution < 1.29 is 14.3 Å². The molecule has 1 unspecified atom stereocenters. The van der Waals surface area contributed by atoms with E-state index in [-0.39, 0.29) is 5.97 Å². The number of esters is 1. The average Bonchev–Trinajstić information content (AvgIpc) is 2.45. The summed E-state index contributed by atoms with van der Waals surface area (Å²) in [5, 5.41) is 0.898. The lowest BCUT2D eigenvalue weighted by Gasteiger charge is -2.15. The van der Waals surface area contributed by atoms with E-state index in [0.717, 1.165) is 18.8 Å². The van der Waals surface area contributed by atoms with E-state index >= 15 is 0 Å². The van der Waals surface area contributed by atoms with Gasteiger partial charge >= 0.3 is 5.97 Å². The van der Waals surface area contributed by atoms with Crippen LogP contribution in [0.15, 0.2) is 18.2 Å². The summed E-state index contributed by atoms with van der Waals surface area (Å²) >= 11 is 11.8. The van der Waals surface area contributed by atoms with Crippen LogP contribution < -0.4 is 4.74 Å². The summed E-state index contributed by atoms with van der Waals surface area (Å²) in [5.74, 6) is 0.766. The van der Waals surface area contributed by atoms with Crippen molar-refractivity contribution in [1.82, 2.24) is 0 Å². The molecular weight excluding hydrogens is 323 g/mol. The molecule has 0 radical (unpaired) electrons. The third-order valence-corrected chi connectivity index (χ3v) is 3.73. The topological polar surface area (TPSA) is 35.5 Å². The molecule has 0 aliphatic carbocycles. The fourth-order valence-corrected chi connectivity index (χ4v) is 2.38. The molecule has 1 aromatic carbocycles. The number of unbranched alkanes of at least 4 members (excludes halogenated alkanes) is 2. The van der Waals surface area contributed by atoms with E-state index in [2.05, 4.69) is 13.8 Å². The fourth-order valence-electron chi connectivity index (χ4n) is 1.93. The zero-order valence-corrected chi connectivity index (χ0v) is 14.9. The number of benzene rings is 1. The SMILES string of the molecule is CC(C)CCCCCOC(=O)C(C)Oc1ccc(Cl)cc1Cl. The Bertz CT molecular complexity index is 475. The molecule has 5 heteroatoms. The van der Waals surface area contributed by atoms with Gasteiger partial charge in [0.25, 0.3) is 0 Å². The van der Waals surface area contributed by atoms with Gasteiger partial charge in [-0.2, -0.15) is 0 Å². The molecule has 0 saturated carbocycles. The maximum atomic E-state index is 11.9. The maximum absolute atomic E-state index is 11.9. The molecule has 0 heterocycles. The summed E-state index contributed by atoms with van der Waals surface area (Å²) < 4.78 is 10.7. The Labute approximate surface area is 142 Å². The molecule has 124 valence electrons. The van der Waals surface area contributed by atoms with E-state index in [1.54, 1.807) is 25.1 Å². The van der Waals surface area contributed by atoms with Crippen molar-refractivity contribution in [3.63, 3.8) is 0 Å². The van der Waals surface area contributed by atoms with Crippen molar-refractivity contribution in [3.8, 4) is 5.75 Å². The summed E-state index contributed by atoms with van der Waals surface area (Å²) in [6.07, 6.45) is 3.63. The lowest BCUT2D eigenvalue weighted by Crippen LogP contribution is -2.26. The van der Waals surface area contributed by atoms with Gasteiger partial charge in [-0.15, -0.1) is 0 Å². The van der Waals surface area contributed by atoms with Crippen LogP contribution in [0.25, 0.3) is 0 Å². The highest BCUT2D eigenvalue weighted by atomic mass is 35.5. The molecule has 0 saturated heterocycles. The number of carbonyl (C=O) groups is 1. The maximum Gasteiger partial charge on any atom is 0.347 e. The number of ether oxygens (including phenoxy) is 2. The van der Waals surface area contributed by atoms with Crippen LogP contribution in [0.4, 0.5) is 0 Å². The van der Waals surface area contributed by atoms with Crippen molar-refractivity contribution >= 4 is 29.2 Å². The minimum Gasteiger partial charge on any atom is -0.477 e. The third kappa shape index (κ3) is 7.37. The van der Waals surface area contributed by atoms with E-state index in [1.165, 1.54) is 12.8 Å².